The second-order valence-electron chi connectivity index (χ2n) is 9.47. The summed E-state index contributed by atoms with van der Waals surface area (Å²) in [5, 5.41) is 0. The number of imidazole rings is 1. The van der Waals surface area contributed by atoms with Crippen LogP contribution >= 0.6 is 0 Å². The van der Waals surface area contributed by atoms with Crippen LogP contribution in [0.25, 0.3) is 22.6 Å². The molecule has 1 heterocycles. The van der Waals surface area contributed by atoms with Crippen molar-refractivity contribution in [3.63, 3.8) is 0 Å². The maximum absolute atomic E-state index is 5.36. The summed E-state index contributed by atoms with van der Waals surface area (Å²) in [6.07, 6.45) is 5.79. The molecule has 0 spiro atoms. The molecule has 4 rings (SSSR count). The van der Waals surface area contributed by atoms with E-state index < -0.39 is 0 Å². The normalized spacial score (nSPS) is 12.2. The minimum Gasteiger partial charge on any atom is -0.326 e. The van der Waals surface area contributed by atoms with E-state index in [2.05, 4.69) is 121 Å². The summed E-state index contributed by atoms with van der Waals surface area (Å²) in [6, 6.07) is 32.6. The van der Waals surface area contributed by atoms with Gasteiger partial charge in [0.25, 0.3) is 0 Å². The Kier molecular flexibility index (Phi) is 8.91. The van der Waals surface area contributed by atoms with Crippen molar-refractivity contribution in [1.82, 2.24) is 14.5 Å². The first-order valence-electron chi connectivity index (χ1n) is 13.2. The molecule has 0 saturated heterocycles. The molecule has 0 bridgehead atoms. The van der Waals surface area contributed by atoms with Gasteiger partial charge in [-0.2, -0.15) is 0 Å². The van der Waals surface area contributed by atoms with Crippen molar-refractivity contribution in [2.45, 2.75) is 65.1 Å². The summed E-state index contributed by atoms with van der Waals surface area (Å²) >= 11 is 0. The van der Waals surface area contributed by atoms with Crippen LogP contribution < -0.4 is 0 Å². The summed E-state index contributed by atoms with van der Waals surface area (Å²) in [5.41, 5.74) is 6.22. The number of hydrogen-bond acceptors (Lipinski definition) is 2. The molecular formula is C32H39N3. The lowest BCUT2D eigenvalue weighted by atomic mass is 9.99. The van der Waals surface area contributed by atoms with Crippen molar-refractivity contribution in [3.8, 4) is 22.6 Å². The highest BCUT2D eigenvalue weighted by molar-refractivity contribution is 5.69. The average molecular weight is 466 g/mol. The zero-order valence-corrected chi connectivity index (χ0v) is 21.5. The SMILES string of the molecule is CCCCC(c1c(-c2ccccc2)nc(-c2ccccc2)n1CCCC)N(C)Cc1ccccc1. The van der Waals surface area contributed by atoms with Crippen LogP contribution in [0.1, 0.15) is 63.3 Å². The van der Waals surface area contributed by atoms with E-state index in [1.54, 1.807) is 0 Å². The molecule has 35 heavy (non-hydrogen) atoms. The van der Waals surface area contributed by atoms with E-state index in [-0.39, 0.29) is 6.04 Å². The summed E-state index contributed by atoms with van der Waals surface area (Å²) < 4.78 is 2.53. The first-order valence-corrected chi connectivity index (χ1v) is 13.2. The maximum atomic E-state index is 5.36. The van der Waals surface area contributed by atoms with Crippen LogP contribution in [0, 0.1) is 0 Å². The molecule has 1 aromatic heterocycles. The zero-order valence-electron chi connectivity index (χ0n) is 21.5. The summed E-state index contributed by atoms with van der Waals surface area (Å²) in [5.74, 6) is 1.09. The van der Waals surface area contributed by atoms with E-state index in [1.807, 2.05) is 0 Å². The van der Waals surface area contributed by atoms with E-state index >= 15 is 0 Å². The first kappa shape index (κ1) is 24.9. The molecule has 0 radical (unpaired) electrons. The van der Waals surface area contributed by atoms with Crippen LogP contribution in [-0.2, 0) is 13.1 Å². The van der Waals surface area contributed by atoms with E-state index in [9.17, 15) is 0 Å². The molecule has 3 aromatic carbocycles. The largest absolute Gasteiger partial charge is 0.326 e. The molecule has 0 N–H and O–H groups in total. The van der Waals surface area contributed by atoms with E-state index in [0.717, 1.165) is 43.9 Å². The lowest BCUT2D eigenvalue weighted by molar-refractivity contribution is 0.212. The minimum atomic E-state index is 0.284. The van der Waals surface area contributed by atoms with Crippen LogP contribution in [0.3, 0.4) is 0 Å². The Morgan fingerprint density at radius 1 is 0.743 bits per heavy atom. The van der Waals surface area contributed by atoms with Crippen molar-refractivity contribution in [2.75, 3.05) is 7.05 Å². The molecule has 4 aromatic rings. The monoisotopic (exact) mass is 465 g/mol. The van der Waals surface area contributed by atoms with Gasteiger partial charge < -0.3 is 4.57 Å². The van der Waals surface area contributed by atoms with Crippen LogP contribution in [0.2, 0.25) is 0 Å². The number of aromatic nitrogens is 2. The topological polar surface area (TPSA) is 21.1 Å². The Labute approximate surface area is 211 Å². The van der Waals surface area contributed by atoms with Gasteiger partial charge in [-0.3, -0.25) is 4.90 Å². The predicted octanol–water partition coefficient (Wildman–Crippen LogP) is 8.38. The van der Waals surface area contributed by atoms with Crippen LogP contribution in [0.4, 0.5) is 0 Å². The van der Waals surface area contributed by atoms with Gasteiger partial charge in [0.05, 0.1) is 17.4 Å². The summed E-state index contributed by atoms with van der Waals surface area (Å²) in [4.78, 5) is 7.89. The van der Waals surface area contributed by atoms with Crippen molar-refractivity contribution in [1.29, 1.82) is 0 Å². The van der Waals surface area contributed by atoms with Crippen LogP contribution in [-0.4, -0.2) is 21.5 Å². The third-order valence-corrected chi connectivity index (χ3v) is 6.77. The fraction of sp³-hybridized carbons (Fsp3) is 0.344. The van der Waals surface area contributed by atoms with Gasteiger partial charge in [0, 0.05) is 24.2 Å². The molecule has 1 atom stereocenters. The lowest BCUT2D eigenvalue weighted by Gasteiger charge is -2.30. The van der Waals surface area contributed by atoms with Gasteiger partial charge >= 0.3 is 0 Å². The molecule has 182 valence electrons. The highest BCUT2D eigenvalue weighted by Crippen LogP contribution is 2.38. The smallest absolute Gasteiger partial charge is 0.140 e. The van der Waals surface area contributed by atoms with E-state index in [1.165, 1.54) is 35.2 Å². The van der Waals surface area contributed by atoms with Crippen molar-refractivity contribution < 1.29 is 0 Å². The third-order valence-electron chi connectivity index (χ3n) is 6.77. The fourth-order valence-electron chi connectivity index (χ4n) is 4.91. The standard InChI is InChI=1S/C32H39N3/c1-4-6-23-29(34(3)25-26-17-11-8-12-18-26)31-30(27-19-13-9-14-20-27)33-32(35(31)24-7-5-2)28-21-15-10-16-22-28/h8-22,29H,4-7,23-25H2,1-3H3. The highest BCUT2D eigenvalue weighted by Gasteiger charge is 2.28. The number of hydrogen-bond donors (Lipinski definition) is 0. The number of benzene rings is 3. The average Bonchev–Trinajstić information content (AvgIpc) is 3.28. The summed E-state index contributed by atoms with van der Waals surface area (Å²) in [7, 11) is 2.28. The van der Waals surface area contributed by atoms with E-state index in [4.69, 9.17) is 4.98 Å². The van der Waals surface area contributed by atoms with E-state index in [0.29, 0.717) is 0 Å². The van der Waals surface area contributed by atoms with Gasteiger partial charge in [0.1, 0.15) is 5.82 Å². The molecule has 0 amide bonds. The molecular weight excluding hydrogens is 426 g/mol. The Morgan fingerprint density at radius 3 is 1.91 bits per heavy atom. The Bertz CT molecular complexity index is 1150. The predicted molar refractivity (Wildman–Crippen MR) is 148 cm³/mol. The van der Waals surface area contributed by atoms with Crippen molar-refractivity contribution in [2.24, 2.45) is 0 Å². The van der Waals surface area contributed by atoms with Gasteiger partial charge in [0.15, 0.2) is 0 Å². The number of rotatable bonds is 12. The quantitative estimate of drug-likeness (QED) is 0.209. The zero-order chi connectivity index (χ0) is 24.5. The maximum Gasteiger partial charge on any atom is 0.140 e. The number of nitrogens with zero attached hydrogens (tertiary/aromatic N) is 3. The Hall–Kier alpha value is -3.17. The van der Waals surface area contributed by atoms with Crippen LogP contribution in [0.5, 0.6) is 0 Å². The van der Waals surface area contributed by atoms with Crippen molar-refractivity contribution in [3.05, 3.63) is 102 Å². The van der Waals surface area contributed by atoms with Gasteiger partial charge in [-0.05, 0) is 25.5 Å². The molecule has 0 aliphatic rings. The van der Waals surface area contributed by atoms with Crippen molar-refractivity contribution >= 4 is 0 Å². The van der Waals surface area contributed by atoms with Gasteiger partial charge in [-0.25, -0.2) is 4.98 Å². The fourth-order valence-corrected chi connectivity index (χ4v) is 4.91. The van der Waals surface area contributed by atoms with Gasteiger partial charge in [0.2, 0.25) is 0 Å². The minimum absolute atomic E-state index is 0.284. The van der Waals surface area contributed by atoms with Gasteiger partial charge in [-0.1, -0.05) is 124 Å². The second kappa shape index (κ2) is 12.5. The summed E-state index contributed by atoms with van der Waals surface area (Å²) in [6.45, 7) is 6.46. The Morgan fingerprint density at radius 2 is 1.31 bits per heavy atom. The Balaban J connectivity index is 1.88. The van der Waals surface area contributed by atoms with Crippen LogP contribution in [0.15, 0.2) is 91.0 Å². The molecule has 3 heteroatoms. The highest BCUT2D eigenvalue weighted by atomic mass is 15.2. The molecule has 1 unspecified atom stereocenters. The molecule has 0 saturated carbocycles. The second-order valence-corrected chi connectivity index (χ2v) is 9.47. The number of unbranched alkanes of at least 4 members (excludes halogenated alkanes) is 2. The lowest BCUT2D eigenvalue weighted by Crippen LogP contribution is -2.27. The molecule has 0 fully saturated rings. The first-order chi connectivity index (χ1) is 17.2. The third kappa shape index (κ3) is 6.10. The molecule has 0 aliphatic heterocycles. The van der Waals surface area contributed by atoms with Gasteiger partial charge in [-0.15, -0.1) is 0 Å². The molecule has 0 aliphatic carbocycles. The molecule has 3 nitrogen and oxygen atoms in total.